The molecule has 1 aromatic rings. The topological polar surface area (TPSA) is 85.4 Å². The van der Waals surface area contributed by atoms with Crippen molar-refractivity contribution in [2.45, 2.75) is 13.5 Å². The van der Waals surface area contributed by atoms with Gasteiger partial charge < -0.3 is 19.1 Å². The molecule has 0 bridgehead atoms. The summed E-state index contributed by atoms with van der Waals surface area (Å²) in [5.74, 6) is 1.09. The molecule has 9 heteroatoms. The summed E-state index contributed by atoms with van der Waals surface area (Å²) in [5.41, 5.74) is 0.770. The number of ether oxygens (including phenoxy) is 3. The summed E-state index contributed by atoms with van der Waals surface area (Å²) >= 11 is 0. The smallest absolute Gasteiger partial charge is 0.237 e. The van der Waals surface area contributed by atoms with Gasteiger partial charge in [-0.25, -0.2) is 8.42 Å². The number of carbonyl (C=O) groups is 1. The number of amides is 1. The number of benzene rings is 1. The number of hydrogen-bond acceptors (Lipinski definition) is 6. The van der Waals surface area contributed by atoms with Crippen LogP contribution in [0, 0.1) is 0 Å². The molecule has 142 valence electrons. The molecule has 0 heterocycles. The van der Waals surface area contributed by atoms with Crippen LogP contribution in [0.5, 0.6) is 17.2 Å². The molecule has 0 fully saturated rings. The van der Waals surface area contributed by atoms with Gasteiger partial charge in [0.25, 0.3) is 0 Å². The highest BCUT2D eigenvalue weighted by atomic mass is 32.2. The van der Waals surface area contributed by atoms with Crippen LogP contribution in [0.15, 0.2) is 12.1 Å². The normalized spacial score (nSPS) is 11.3. The Labute approximate surface area is 149 Å². The first-order valence-electron chi connectivity index (χ1n) is 7.67. The fraction of sp³-hybridized carbons (Fsp3) is 0.562. The highest BCUT2D eigenvalue weighted by Crippen LogP contribution is 2.38. The summed E-state index contributed by atoms with van der Waals surface area (Å²) in [6.45, 7) is 1.60. The minimum Gasteiger partial charge on any atom is -0.493 e. The van der Waals surface area contributed by atoms with Gasteiger partial charge in [-0.1, -0.05) is 0 Å². The monoisotopic (exact) mass is 374 g/mol. The SMILES string of the molecule is CCS(=O)(=O)N(C)CC(=O)N(C)Cc1cc(OC)c(OC)c(OC)c1. The Bertz CT molecular complexity index is 680. The highest BCUT2D eigenvalue weighted by molar-refractivity contribution is 7.89. The lowest BCUT2D eigenvalue weighted by Gasteiger charge is -2.22. The van der Waals surface area contributed by atoms with Crippen molar-refractivity contribution < 1.29 is 27.4 Å². The van der Waals surface area contributed by atoms with E-state index in [1.807, 2.05) is 0 Å². The van der Waals surface area contributed by atoms with Crippen molar-refractivity contribution in [3.63, 3.8) is 0 Å². The number of nitrogens with zero attached hydrogens (tertiary/aromatic N) is 2. The third-order valence-electron chi connectivity index (χ3n) is 3.77. The fourth-order valence-electron chi connectivity index (χ4n) is 2.22. The lowest BCUT2D eigenvalue weighted by molar-refractivity contribution is -0.130. The second kappa shape index (κ2) is 8.91. The van der Waals surface area contributed by atoms with Crippen molar-refractivity contribution in [1.82, 2.24) is 9.21 Å². The van der Waals surface area contributed by atoms with Crippen LogP contribution in [-0.4, -0.2) is 71.3 Å². The predicted octanol–water partition coefficient (Wildman–Crippen LogP) is 0.952. The van der Waals surface area contributed by atoms with Crippen LogP contribution in [-0.2, 0) is 21.4 Å². The zero-order valence-electron chi connectivity index (χ0n) is 15.5. The molecule has 25 heavy (non-hydrogen) atoms. The van der Waals surface area contributed by atoms with Gasteiger partial charge in [0.2, 0.25) is 21.7 Å². The van der Waals surface area contributed by atoms with E-state index in [0.29, 0.717) is 17.2 Å². The van der Waals surface area contributed by atoms with Gasteiger partial charge in [0.05, 0.1) is 33.6 Å². The lowest BCUT2D eigenvalue weighted by atomic mass is 10.1. The maximum absolute atomic E-state index is 12.3. The molecule has 1 amide bonds. The van der Waals surface area contributed by atoms with Gasteiger partial charge in [-0.3, -0.25) is 4.79 Å². The lowest BCUT2D eigenvalue weighted by Crippen LogP contribution is -2.39. The van der Waals surface area contributed by atoms with Crippen LogP contribution in [0.25, 0.3) is 0 Å². The average molecular weight is 374 g/mol. The van der Waals surface area contributed by atoms with E-state index >= 15 is 0 Å². The van der Waals surface area contributed by atoms with Crippen LogP contribution >= 0.6 is 0 Å². The fourth-order valence-corrected chi connectivity index (χ4v) is 2.97. The Balaban J connectivity index is 2.93. The second-order valence-corrected chi connectivity index (χ2v) is 7.80. The molecule has 0 aliphatic carbocycles. The Morgan fingerprint density at radius 3 is 1.96 bits per heavy atom. The minimum atomic E-state index is -3.40. The van der Waals surface area contributed by atoms with Gasteiger partial charge in [0, 0.05) is 20.6 Å². The highest BCUT2D eigenvalue weighted by Gasteiger charge is 2.21. The minimum absolute atomic E-state index is 0.0482. The molecule has 0 spiro atoms. The number of sulfonamides is 1. The van der Waals surface area contributed by atoms with Gasteiger partial charge in [-0.05, 0) is 24.6 Å². The molecule has 0 N–H and O–H groups in total. The van der Waals surface area contributed by atoms with Crippen LogP contribution in [0.1, 0.15) is 12.5 Å². The quantitative estimate of drug-likeness (QED) is 0.640. The Kier molecular flexibility index (Phi) is 7.50. The van der Waals surface area contributed by atoms with Crippen LogP contribution in [0.2, 0.25) is 0 Å². The predicted molar refractivity (Wildman–Crippen MR) is 94.7 cm³/mol. The molecule has 8 nitrogen and oxygen atoms in total. The Morgan fingerprint density at radius 1 is 1.04 bits per heavy atom. The van der Waals surface area contributed by atoms with Crippen molar-refractivity contribution in [3.05, 3.63) is 17.7 Å². The largest absolute Gasteiger partial charge is 0.493 e. The number of likely N-dealkylation sites (N-methyl/N-ethyl adjacent to an activating group) is 2. The van der Waals surface area contributed by atoms with Gasteiger partial charge in [0.1, 0.15) is 0 Å². The molecule has 0 saturated carbocycles. The van der Waals surface area contributed by atoms with Crippen molar-refractivity contribution in [2.75, 3.05) is 47.7 Å². The van der Waals surface area contributed by atoms with Gasteiger partial charge in [0.15, 0.2) is 11.5 Å². The molecular weight excluding hydrogens is 348 g/mol. The molecule has 0 radical (unpaired) electrons. The molecule has 0 aliphatic rings. The summed E-state index contributed by atoms with van der Waals surface area (Å²) < 4.78 is 40.4. The van der Waals surface area contributed by atoms with E-state index in [0.717, 1.165) is 9.87 Å². The Hall–Kier alpha value is -2.00. The number of rotatable bonds is 9. The van der Waals surface area contributed by atoms with Crippen LogP contribution in [0.4, 0.5) is 0 Å². The maximum Gasteiger partial charge on any atom is 0.237 e. The second-order valence-electron chi connectivity index (χ2n) is 5.44. The number of hydrogen-bond donors (Lipinski definition) is 0. The third kappa shape index (κ3) is 5.23. The molecule has 1 aromatic carbocycles. The first-order chi connectivity index (χ1) is 11.7. The summed E-state index contributed by atoms with van der Waals surface area (Å²) in [7, 11) is 4.14. The first kappa shape index (κ1) is 21.0. The summed E-state index contributed by atoms with van der Waals surface area (Å²) in [5, 5.41) is 0. The van der Waals surface area contributed by atoms with Gasteiger partial charge in [-0.2, -0.15) is 4.31 Å². The Morgan fingerprint density at radius 2 is 1.56 bits per heavy atom. The van der Waals surface area contributed by atoms with Gasteiger partial charge in [-0.15, -0.1) is 0 Å². The molecule has 1 rings (SSSR count). The van der Waals surface area contributed by atoms with Crippen LogP contribution < -0.4 is 14.2 Å². The van der Waals surface area contributed by atoms with E-state index in [4.69, 9.17) is 14.2 Å². The third-order valence-corrected chi connectivity index (χ3v) is 5.58. The van der Waals surface area contributed by atoms with E-state index in [9.17, 15) is 13.2 Å². The molecule has 0 unspecified atom stereocenters. The average Bonchev–Trinajstić information content (AvgIpc) is 2.60. The van der Waals surface area contributed by atoms with Crippen LogP contribution in [0.3, 0.4) is 0 Å². The summed E-state index contributed by atoms with van der Waals surface area (Å²) in [4.78, 5) is 13.7. The maximum atomic E-state index is 12.3. The van der Waals surface area contributed by atoms with E-state index in [1.165, 1.54) is 40.2 Å². The number of methoxy groups -OCH3 is 3. The zero-order valence-corrected chi connectivity index (χ0v) is 16.3. The molecule has 0 atom stereocenters. The summed E-state index contributed by atoms with van der Waals surface area (Å²) in [6.07, 6.45) is 0. The molecule has 0 saturated heterocycles. The summed E-state index contributed by atoms with van der Waals surface area (Å²) in [6, 6.07) is 3.50. The van der Waals surface area contributed by atoms with E-state index in [-0.39, 0.29) is 24.7 Å². The standard InChI is InChI=1S/C16H26N2O6S/c1-7-25(20,21)18(3)11-15(19)17(2)10-12-8-13(22-4)16(24-6)14(9-12)23-5/h8-9H,7,10-11H2,1-6H3. The number of carbonyl (C=O) groups excluding carboxylic acids is 1. The van der Waals surface area contributed by atoms with E-state index in [1.54, 1.807) is 19.2 Å². The zero-order chi connectivity index (χ0) is 19.2. The van der Waals surface area contributed by atoms with E-state index in [2.05, 4.69) is 0 Å². The van der Waals surface area contributed by atoms with E-state index < -0.39 is 10.0 Å². The van der Waals surface area contributed by atoms with Crippen molar-refractivity contribution in [2.24, 2.45) is 0 Å². The van der Waals surface area contributed by atoms with Crippen molar-refractivity contribution in [3.8, 4) is 17.2 Å². The van der Waals surface area contributed by atoms with Crippen molar-refractivity contribution in [1.29, 1.82) is 0 Å². The van der Waals surface area contributed by atoms with Gasteiger partial charge >= 0.3 is 0 Å². The molecular formula is C16H26N2O6S. The molecule has 0 aliphatic heterocycles. The van der Waals surface area contributed by atoms with Crippen molar-refractivity contribution >= 4 is 15.9 Å². The molecule has 0 aromatic heterocycles. The first-order valence-corrected chi connectivity index (χ1v) is 9.27.